The summed E-state index contributed by atoms with van der Waals surface area (Å²) in [5.41, 5.74) is 0.316. The molecule has 0 amide bonds. The molecule has 0 saturated heterocycles. The summed E-state index contributed by atoms with van der Waals surface area (Å²) in [6, 6.07) is 0. The van der Waals surface area contributed by atoms with Gasteiger partial charge in [0.25, 0.3) is 0 Å². The Labute approximate surface area is 89.9 Å². The van der Waals surface area contributed by atoms with Gasteiger partial charge in [0.05, 0.1) is 0 Å². The predicted molar refractivity (Wildman–Crippen MR) is 63.3 cm³/mol. The zero-order valence-electron chi connectivity index (χ0n) is 10.6. The van der Waals surface area contributed by atoms with Gasteiger partial charge in [-0.15, -0.1) is 0 Å². The quantitative estimate of drug-likeness (QED) is 0.661. The lowest BCUT2D eigenvalue weighted by Crippen LogP contribution is -2.16. The van der Waals surface area contributed by atoms with Crippen molar-refractivity contribution in [3.05, 3.63) is 0 Å². The average Bonchev–Trinajstić information content (AvgIpc) is 2.13. The first-order chi connectivity index (χ1) is 6.43. The molecule has 1 nitrogen and oxygen atoms in total. The van der Waals surface area contributed by atoms with Gasteiger partial charge in [0, 0.05) is 6.61 Å². The topological polar surface area (TPSA) is 20.2 Å². The minimum atomic E-state index is 0.316. The molecule has 0 heterocycles. The summed E-state index contributed by atoms with van der Waals surface area (Å²) in [6.45, 7) is 11.8. The highest BCUT2D eigenvalue weighted by molar-refractivity contribution is 4.71. The van der Waals surface area contributed by atoms with Gasteiger partial charge in [-0.25, -0.2) is 0 Å². The minimum absolute atomic E-state index is 0.316. The number of aliphatic hydroxyl groups excluding tert-OH is 1. The maximum absolute atomic E-state index is 8.92. The molecule has 1 heteroatoms. The van der Waals surface area contributed by atoms with Crippen molar-refractivity contribution < 1.29 is 5.11 Å². The molecule has 0 spiro atoms. The van der Waals surface area contributed by atoms with Crippen LogP contribution in [0.2, 0.25) is 0 Å². The highest BCUT2D eigenvalue weighted by atomic mass is 16.3. The average molecular weight is 200 g/mol. The second kappa shape index (κ2) is 6.44. The van der Waals surface area contributed by atoms with Crippen molar-refractivity contribution in [2.75, 3.05) is 6.61 Å². The molecule has 0 aliphatic heterocycles. The number of rotatable bonds is 7. The van der Waals surface area contributed by atoms with Crippen LogP contribution in [-0.4, -0.2) is 11.7 Å². The Balaban J connectivity index is 3.80. The molecule has 2 atom stereocenters. The van der Waals surface area contributed by atoms with Crippen molar-refractivity contribution in [2.24, 2.45) is 17.3 Å². The van der Waals surface area contributed by atoms with E-state index in [4.69, 9.17) is 5.11 Å². The second-order valence-electron chi connectivity index (χ2n) is 5.54. The number of aliphatic hydroxyl groups is 1. The Hall–Kier alpha value is -0.0400. The van der Waals surface area contributed by atoms with Gasteiger partial charge >= 0.3 is 0 Å². The van der Waals surface area contributed by atoms with E-state index < -0.39 is 0 Å². The monoisotopic (exact) mass is 200 g/mol. The maximum atomic E-state index is 8.92. The van der Waals surface area contributed by atoms with Gasteiger partial charge in [-0.1, -0.05) is 41.0 Å². The molecule has 0 saturated carbocycles. The molecular weight excluding hydrogens is 172 g/mol. The Bertz CT molecular complexity index is 140. The standard InChI is InChI=1S/C13H28O/c1-6-11(2)12(3)7-8-13(4,5)9-10-14/h11-12,14H,6-10H2,1-5H3. The lowest BCUT2D eigenvalue weighted by atomic mass is 9.79. The summed E-state index contributed by atoms with van der Waals surface area (Å²) in [5.74, 6) is 1.65. The van der Waals surface area contributed by atoms with Crippen molar-refractivity contribution in [1.82, 2.24) is 0 Å². The van der Waals surface area contributed by atoms with E-state index in [0.29, 0.717) is 12.0 Å². The third-order valence-electron chi connectivity index (χ3n) is 3.68. The summed E-state index contributed by atoms with van der Waals surface area (Å²) in [5, 5.41) is 8.92. The predicted octanol–water partition coefficient (Wildman–Crippen LogP) is 3.86. The molecule has 0 fully saturated rings. The molecule has 0 radical (unpaired) electrons. The smallest absolute Gasteiger partial charge is 0.0436 e. The Morgan fingerprint density at radius 1 is 1.07 bits per heavy atom. The van der Waals surface area contributed by atoms with Gasteiger partial charge < -0.3 is 5.11 Å². The van der Waals surface area contributed by atoms with E-state index in [2.05, 4.69) is 34.6 Å². The molecule has 0 rings (SSSR count). The zero-order chi connectivity index (χ0) is 11.2. The van der Waals surface area contributed by atoms with Crippen LogP contribution in [0.15, 0.2) is 0 Å². The van der Waals surface area contributed by atoms with E-state index in [-0.39, 0.29) is 0 Å². The van der Waals surface area contributed by atoms with Crippen LogP contribution in [0.1, 0.15) is 60.3 Å². The Morgan fingerprint density at radius 2 is 1.64 bits per heavy atom. The summed E-state index contributed by atoms with van der Waals surface area (Å²) in [4.78, 5) is 0. The summed E-state index contributed by atoms with van der Waals surface area (Å²) in [7, 11) is 0. The van der Waals surface area contributed by atoms with Crippen LogP contribution in [0.25, 0.3) is 0 Å². The van der Waals surface area contributed by atoms with Crippen LogP contribution >= 0.6 is 0 Å². The second-order valence-corrected chi connectivity index (χ2v) is 5.54. The molecule has 86 valence electrons. The molecule has 1 N–H and O–H groups in total. The molecule has 0 bridgehead atoms. The van der Waals surface area contributed by atoms with Crippen molar-refractivity contribution in [2.45, 2.75) is 60.3 Å². The van der Waals surface area contributed by atoms with Crippen molar-refractivity contribution in [3.63, 3.8) is 0 Å². The molecule has 0 aromatic carbocycles. The lowest BCUT2D eigenvalue weighted by Gasteiger charge is -2.27. The van der Waals surface area contributed by atoms with Crippen LogP contribution in [0.4, 0.5) is 0 Å². The molecule has 2 unspecified atom stereocenters. The molecule has 0 aliphatic rings. The fourth-order valence-corrected chi connectivity index (χ4v) is 1.73. The molecule has 0 aromatic rings. The van der Waals surface area contributed by atoms with E-state index in [0.717, 1.165) is 18.3 Å². The van der Waals surface area contributed by atoms with Gasteiger partial charge in [0.15, 0.2) is 0 Å². The fourth-order valence-electron chi connectivity index (χ4n) is 1.73. The van der Waals surface area contributed by atoms with E-state index in [9.17, 15) is 0 Å². The van der Waals surface area contributed by atoms with Crippen LogP contribution < -0.4 is 0 Å². The normalized spacial score (nSPS) is 16.7. The van der Waals surface area contributed by atoms with Crippen LogP contribution in [0.3, 0.4) is 0 Å². The van der Waals surface area contributed by atoms with Crippen LogP contribution in [0.5, 0.6) is 0 Å². The number of hydrogen-bond acceptors (Lipinski definition) is 1. The van der Waals surface area contributed by atoms with Gasteiger partial charge in [-0.05, 0) is 36.5 Å². The van der Waals surface area contributed by atoms with Gasteiger partial charge in [-0.2, -0.15) is 0 Å². The molecule has 14 heavy (non-hydrogen) atoms. The molecular formula is C13H28O. The van der Waals surface area contributed by atoms with Crippen LogP contribution in [0, 0.1) is 17.3 Å². The van der Waals surface area contributed by atoms with Crippen molar-refractivity contribution >= 4 is 0 Å². The molecule has 0 aromatic heterocycles. The Kier molecular flexibility index (Phi) is 6.43. The van der Waals surface area contributed by atoms with E-state index in [1.54, 1.807) is 0 Å². The van der Waals surface area contributed by atoms with Gasteiger partial charge in [0.1, 0.15) is 0 Å². The lowest BCUT2D eigenvalue weighted by molar-refractivity contribution is 0.185. The maximum Gasteiger partial charge on any atom is 0.0436 e. The first-order valence-corrected chi connectivity index (χ1v) is 6.03. The van der Waals surface area contributed by atoms with Crippen LogP contribution in [-0.2, 0) is 0 Å². The van der Waals surface area contributed by atoms with E-state index >= 15 is 0 Å². The van der Waals surface area contributed by atoms with E-state index in [1.807, 2.05) is 0 Å². The highest BCUT2D eigenvalue weighted by Gasteiger charge is 2.19. The highest BCUT2D eigenvalue weighted by Crippen LogP contribution is 2.30. The van der Waals surface area contributed by atoms with Crippen molar-refractivity contribution in [3.8, 4) is 0 Å². The summed E-state index contributed by atoms with van der Waals surface area (Å²) in [6.07, 6.45) is 4.74. The van der Waals surface area contributed by atoms with Gasteiger partial charge in [-0.3, -0.25) is 0 Å². The van der Waals surface area contributed by atoms with E-state index in [1.165, 1.54) is 19.3 Å². The van der Waals surface area contributed by atoms with Gasteiger partial charge in [0.2, 0.25) is 0 Å². The first kappa shape index (κ1) is 14.0. The van der Waals surface area contributed by atoms with Crippen molar-refractivity contribution in [1.29, 1.82) is 0 Å². The third kappa shape index (κ3) is 5.64. The summed E-state index contributed by atoms with van der Waals surface area (Å²) < 4.78 is 0. The molecule has 0 aliphatic carbocycles. The Morgan fingerprint density at radius 3 is 2.07 bits per heavy atom. The fraction of sp³-hybridized carbons (Fsp3) is 1.00. The minimum Gasteiger partial charge on any atom is -0.396 e. The third-order valence-corrected chi connectivity index (χ3v) is 3.68. The SMILES string of the molecule is CCC(C)C(C)CCC(C)(C)CCO. The number of hydrogen-bond donors (Lipinski definition) is 1. The largest absolute Gasteiger partial charge is 0.396 e. The first-order valence-electron chi connectivity index (χ1n) is 6.03. The summed E-state index contributed by atoms with van der Waals surface area (Å²) >= 11 is 0. The zero-order valence-corrected chi connectivity index (χ0v) is 10.6.